The van der Waals surface area contributed by atoms with Crippen LogP contribution in [0.2, 0.25) is 19.6 Å². The van der Waals surface area contributed by atoms with Crippen molar-refractivity contribution in [2.24, 2.45) is 0 Å². The highest BCUT2D eigenvalue weighted by Crippen LogP contribution is 2.38. The summed E-state index contributed by atoms with van der Waals surface area (Å²) in [5.41, 5.74) is 0.506. The predicted octanol–water partition coefficient (Wildman–Crippen LogP) is 2.44. The van der Waals surface area contributed by atoms with Crippen LogP contribution < -0.4 is 13.9 Å². The molecule has 0 unspecified atom stereocenters. The SMILES string of the molecule is C[Si](C)(C)Oc1cc2c(cc1C=O)OCO2. The van der Waals surface area contributed by atoms with Crippen molar-refractivity contribution in [3.05, 3.63) is 17.7 Å². The van der Waals surface area contributed by atoms with Crippen LogP contribution in [-0.2, 0) is 0 Å². The monoisotopic (exact) mass is 238 g/mol. The van der Waals surface area contributed by atoms with Crippen molar-refractivity contribution in [2.45, 2.75) is 19.6 Å². The fourth-order valence-corrected chi connectivity index (χ4v) is 2.29. The molecule has 1 aromatic rings. The van der Waals surface area contributed by atoms with Crippen LogP contribution in [0.15, 0.2) is 12.1 Å². The summed E-state index contributed by atoms with van der Waals surface area (Å²) in [5.74, 6) is 1.82. The van der Waals surface area contributed by atoms with E-state index in [0.29, 0.717) is 22.8 Å². The summed E-state index contributed by atoms with van der Waals surface area (Å²) in [6.07, 6.45) is 0.775. The van der Waals surface area contributed by atoms with Gasteiger partial charge in [0, 0.05) is 6.07 Å². The molecule has 16 heavy (non-hydrogen) atoms. The van der Waals surface area contributed by atoms with Crippen molar-refractivity contribution in [3.63, 3.8) is 0 Å². The molecule has 0 atom stereocenters. The van der Waals surface area contributed by atoms with E-state index < -0.39 is 8.32 Å². The molecule has 1 aromatic carbocycles. The number of carbonyl (C=O) groups excluding carboxylic acids is 1. The number of hydrogen-bond acceptors (Lipinski definition) is 4. The van der Waals surface area contributed by atoms with Gasteiger partial charge >= 0.3 is 0 Å². The highest BCUT2D eigenvalue weighted by molar-refractivity contribution is 6.70. The highest BCUT2D eigenvalue weighted by atomic mass is 28.4. The van der Waals surface area contributed by atoms with Gasteiger partial charge in [-0.3, -0.25) is 4.79 Å². The number of fused-ring (bicyclic) bond motifs is 1. The van der Waals surface area contributed by atoms with Crippen molar-refractivity contribution < 1.29 is 18.7 Å². The van der Waals surface area contributed by atoms with Crippen molar-refractivity contribution in [1.82, 2.24) is 0 Å². The van der Waals surface area contributed by atoms with Crippen LogP contribution in [0, 0.1) is 0 Å². The topological polar surface area (TPSA) is 44.8 Å². The van der Waals surface area contributed by atoms with Gasteiger partial charge in [0.1, 0.15) is 5.75 Å². The third kappa shape index (κ3) is 2.19. The lowest BCUT2D eigenvalue weighted by atomic mass is 10.2. The van der Waals surface area contributed by atoms with Gasteiger partial charge in [0.25, 0.3) is 0 Å². The number of benzene rings is 1. The fourth-order valence-electron chi connectivity index (χ4n) is 1.45. The number of aldehydes is 1. The standard InChI is InChI=1S/C11H14O4Si/c1-16(2,3)15-9-5-11-10(13-7-14-11)4-8(9)6-12/h4-6H,7H2,1-3H3. The zero-order valence-electron chi connectivity index (χ0n) is 9.57. The molecule has 0 spiro atoms. The summed E-state index contributed by atoms with van der Waals surface area (Å²) in [7, 11) is -1.73. The molecule has 1 heterocycles. The summed E-state index contributed by atoms with van der Waals surface area (Å²) >= 11 is 0. The third-order valence-corrected chi connectivity index (χ3v) is 2.88. The van der Waals surface area contributed by atoms with Crippen LogP contribution in [0.25, 0.3) is 0 Å². The van der Waals surface area contributed by atoms with Gasteiger partial charge in [-0.2, -0.15) is 0 Å². The number of carbonyl (C=O) groups is 1. The van der Waals surface area contributed by atoms with Gasteiger partial charge in [-0.15, -0.1) is 0 Å². The molecule has 0 aromatic heterocycles. The number of rotatable bonds is 3. The van der Waals surface area contributed by atoms with Crippen LogP contribution in [-0.4, -0.2) is 21.4 Å². The predicted molar refractivity (Wildman–Crippen MR) is 61.9 cm³/mol. The summed E-state index contributed by atoms with van der Waals surface area (Å²) in [4.78, 5) is 11.0. The number of hydrogen-bond donors (Lipinski definition) is 0. The van der Waals surface area contributed by atoms with Crippen molar-refractivity contribution in [3.8, 4) is 17.2 Å². The van der Waals surface area contributed by atoms with Crippen LogP contribution in [0.3, 0.4) is 0 Å². The molecular formula is C11H14O4Si. The van der Waals surface area contributed by atoms with Gasteiger partial charge in [0.05, 0.1) is 5.56 Å². The van der Waals surface area contributed by atoms with Gasteiger partial charge in [0.15, 0.2) is 17.8 Å². The minimum atomic E-state index is -1.73. The Morgan fingerprint density at radius 3 is 2.44 bits per heavy atom. The second-order valence-corrected chi connectivity index (χ2v) is 9.00. The quantitative estimate of drug-likeness (QED) is 0.599. The smallest absolute Gasteiger partial charge is 0.242 e. The van der Waals surface area contributed by atoms with Gasteiger partial charge in [-0.1, -0.05) is 0 Å². The fraction of sp³-hybridized carbons (Fsp3) is 0.364. The van der Waals surface area contributed by atoms with Crippen LogP contribution >= 0.6 is 0 Å². The first-order valence-electron chi connectivity index (χ1n) is 5.07. The molecule has 0 saturated carbocycles. The van der Waals surface area contributed by atoms with Crippen molar-refractivity contribution >= 4 is 14.6 Å². The first-order valence-corrected chi connectivity index (χ1v) is 8.48. The summed E-state index contributed by atoms with van der Waals surface area (Å²) in [6, 6.07) is 3.38. The summed E-state index contributed by atoms with van der Waals surface area (Å²) < 4.78 is 16.3. The Morgan fingerprint density at radius 2 is 1.88 bits per heavy atom. The molecule has 0 amide bonds. The molecule has 4 nitrogen and oxygen atoms in total. The first-order chi connectivity index (χ1) is 7.49. The molecule has 2 rings (SSSR count). The first kappa shape index (κ1) is 11.0. The van der Waals surface area contributed by atoms with E-state index in [2.05, 4.69) is 19.6 Å². The maximum Gasteiger partial charge on any atom is 0.242 e. The lowest BCUT2D eigenvalue weighted by Crippen LogP contribution is -2.29. The molecule has 5 heteroatoms. The van der Waals surface area contributed by atoms with Gasteiger partial charge < -0.3 is 13.9 Å². The van der Waals surface area contributed by atoms with E-state index in [4.69, 9.17) is 13.9 Å². The molecule has 0 fully saturated rings. The van der Waals surface area contributed by atoms with Gasteiger partial charge in [-0.05, 0) is 25.7 Å². The van der Waals surface area contributed by atoms with Crippen LogP contribution in [0.4, 0.5) is 0 Å². The van der Waals surface area contributed by atoms with Gasteiger partial charge in [-0.25, -0.2) is 0 Å². The summed E-state index contributed by atoms with van der Waals surface area (Å²) in [5, 5.41) is 0. The zero-order chi connectivity index (χ0) is 11.8. The minimum Gasteiger partial charge on any atom is -0.544 e. The lowest BCUT2D eigenvalue weighted by Gasteiger charge is -2.20. The lowest BCUT2D eigenvalue weighted by molar-refractivity contribution is 0.112. The van der Waals surface area contributed by atoms with E-state index in [1.165, 1.54) is 0 Å². The van der Waals surface area contributed by atoms with E-state index in [0.717, 1.165) is 6.29 Å². The Balaban J connectivity index is 2.40. The molecule has 1 aliphatic rings. The average Bonchev–Trinajstić information content (AvgIpc) is 2.60. The van der Waals surface area contributed by atoms with Crippen molar-refractivity contribution in [2.75, 3.05) is 6.79 Å². The Labute approximate surface area is 95.3 Å². The van der Waals surface area contributed by atoms with E-state index in [1.807, 2.05) is 0 Å². The zero-order valence-corrected chi connectivity index (χ0v) is 10.6. The maximum absolute atomic E-state index is 11.0. The Morgan fingerprint density at radius 1 is 1.25 bits per heavy atom. The normalized spacial score (nSPS) is 13.7. The molecule has 0 radical (unpaired) electrons. The second-order valence-electron chi connectivity index (χ2n) is 4.58. The van der Waals surface area contributed by atoms with E-state index in [9.17, 15) is 4.79 Å². The van der Waals surface area contributed by atoms with E-state index in [1.54, 1.807) is 12.1 Å². The van der Waals surface area contributed by atoms with Crippen LogP contribution in [0.1, 0.15) is 10.4 Å². The van der Waals surface area contributed by atoms with Gasteiger partial charge in [0.2, 0.25) is 15.1 Å². The maximum atomic E-state index is 11.0. The Kier molecular flexibility index (Phi) is 2.63. The molecule has 0 saturated heterocycles. The average molecular weight is 238 g/mol. The Hall–Kier alpha value is -1.49. The molecule has 0 bridgehead atoms. The number of ether oxygens (including phenoxy) is 2. The Bertz CT molecular complexity index is 423. The molecule has 1 aliphatic heterocycles. The van der Waals surface area contributed by atoms with E-state index >= 15 is 0 Å². The van der Waals surface area contributed by atoms with Crippen LogP contribution in [0.5, 0.6) is 17.2 Å². The minimum absolute atomic E-state index is 0.198. The molecular weight excluding hydrogens is 224 g/mol. The molecule has 86 valence electrons. The second kappa shape index (κ2) is 3.82. The third-order valence-electron chi connectivity index (χ3n) is 2.05. The largest absolute Gasteiger partial charge is 0.544 e. The van der Waals surface area contributed by atoms with E-state index in [-0.39, 0.29) is 6.79 Å². The van der Waals surface area contributed by atoms with Crippen molar-refractivity contribution in [1.29, 1.82) is 0 Å². The molecule has 0 aliphatic carbocycles. The molecule has 0 N–H and O–H groups in total. The highest BCUT2D eigenvalue weighted by Gasteiger charge is 2.22. The summed E-state index contributed by atoms with van der Waals surface area (Å²) in [6.45, 7) is 6.38.